The van der Waals surface area contributed by atoms with Crippen molar-refractivity contribution in [3.63, 3.8) is 0 Å². The Balaban J connectivity index is 1.53. The molecule has 3 rings (SSSR count). The van der Waals surface area contributed by atoms with Gasteiger partial charge in [0.15, 0.2) is 0 Å². The third-order valence-corrected chi connectivity index (χ3v) is 5.42. The van der Waals surface area contributed by atoms with E-state index in [1.807, 2.05) is 44.2 Å². The zero-order chi connectivity index (χ0) is 19.1. The first-order valence-corrected chi connectivity index (χ1v) is 10.2. The van der Waals surface area contributed by atoms with Crippen LogP contribution in [0.15, 0.2) is 54.6 Å². The quantitative estimate of drug-likeness (QED) is 0.666. The summed E-state index contributed by atoms with van der Waals surface area (Å²) >= 11 is 0. The summed E-state index contributed by atoms with van der Waals surface area (Å²) in [5, 5.41) is 3.21. The van der Waals surface area contributed by atoms with Gasteiger partial charge in [-0.15, -0.1) is 0 Å². The average molecular weight is 366 g/mol. The monoisotopic (exact) mass is 365 g/mol. The van der Waals surface area contributed by atoms with Crippen LogP contribution in [0.1, 0.15) is 57.1 Å². The summed E-state index contributed by atoms with van der Waals surface area (Å²) in [6.45, 7) is 4.78. The second-order valence-electron chi connectivity index (χ2n) is 7.83. The Labute approximate surface area is 163 Å². The molecule has 2 aromatic carbocycles. The number of rotatable bonds is 8. The molecule has 1 amide bonds. The van der Waals surface area contributed by atoms with E-state index in [4.69, 9.17) is 4.74 Å². The molecule has 0 atom stereocenters. The van der Waals surface area contributed by atoms with E-state index >= 15 is 0 Å². The molecule has 3 heteroatoms. The van der Waals surface area contributed by atoms with Crippen LogP contribution in [-0.4, -0.2) is 18.6 Å². The number of aryl methyl sites for hydroxylation is 1. The van der Waals surface area contributed by atoms with Gasteiger partial charge in [-0.2, -0.15) is 0 Å². The smallest absolute Gasteiger partial charge is 0.230 e. The van der Waals surface area contributed by atoms with Crippen LogP contribution in [0.5, 0.6) is 5.75 Å². The number of benzene rings is 2. The molecule has 1 aliphatic carbocycles. The van der Waals surface area contributed by atoms with Crippen LogP contribution in [0.4, 0.5) is 0 Å². The van der Waals surface area contributed by atoms with Gasteiger partial charge in [0.1, 0.15) is 5.75 Å². The minimum absolute atomic E-state index is 0.181. The molecule has 1 N–H and O–H groups in total. The van der Waals surface area contributed by atoms with Crippen LogP contribution in [-0.2, 0) is 16.6 Å². The van der Waals surface area contributed by atoms with E-state index in [0.29, 0.717) is 6.54 Å². The Bertz CT molecular complexity index is 733. The lowest BCUT2D eigenvalue weighted by Gasteiger charge is -2.28. The molecule has 1 fully saturated rings. The zero-order valence-corrected chi connectivity index (χ0v) is 16.5. The van der Waals surface area contributed by atoms with E-state index in [1.165, 1.54) is 11.1 Å². The van der Waals surface area contributed by atoms with Gasteiger partial charge in [0, 0.05) is 6.54 Å². The van der Waals surface area contributed by atoms with E-state index in [0.717, 1.165) is 44.3 Å². The van der Waals surface area contributed by atoms with E-state index in [1.54, 1.807) is 0 Å². The maximum atomic E-state index is 13.0. The van der Waals surface area contributed by atoms with Gasteiger partial charge in [-0.05, 0) is 62.8 Å². The van der Waals surface area contributed by atoms with Crippen LogP contribution in [0, 0.1) is 0 Å². The number of hydrogen-bond donors (Lipinski definition) is 1. The molecule has 144 valence electrons. The first kappa shape index (κ1) is 19.5. The Morgan fingerprint density at radius 2 is 1.81 bits per heavy atom. The van der Waals surface area contributed by atoms with Crippen LogP contribution < -0.4 is 10.1 Å². The summed E-state index contributed by atoms with van der Waals surface area (Å²) in [5.74, 6) is 1.11. The minimum Gasteiger partial charge on any atom is -0.491 e. The molecule has 0 aromatic heterocycles. The van der Waals surface area contributed by atoms with Gasteiger partial charge in [-0.1, -0.05) is 55.3 Å². The maximum Gasteiger partial charge on any atom is 0.230 e. The van der Waals surface area contributed by atoms with Crippen molar-refractivity contribution in [2.75, 3.05) is 6.54 Å². The Hall–Kier alpha value is -2.29. The van der Waals surface area contributed by atoms with E-state index in [-0.39, 0.29) is 17.4 Å². The standard InChI is InChI=1S/C24H31NO2/c1-19(2)27-22-14-8-10-20(18-22)11-9-17-25-23(26)24(15-6-7-16-24)21-12-4-3-5-13-21/h3-5,8,10,12-14,18-19H,6-7,9,11,15-17H2,1-2H3,(H,25,26). The number of ether oxygens (including phenoxy) is 1. The molecule has 0 saturated heterocycles. The average Bonchev–Trinajstić information content (AvgIpc) is 3.17. The van der Waals surface area contributed by atoms with Crippen molar-refractivity contribution >= 4 is 5.91 Å². The number of hydrogen-bond acceptors (Lipinski definition) is 2. The van der Waals surface area contributed by atoms with Gasteiger partial charge in [0.05, 0.1) is 11.5 Å². The third-order valence-electron chi connectivity index (χ3n) is 5.42. The molecule has 0 radical (unpaired) electrons. The van der Waals surface area contributed by atoms with Gasteiger partial charge < -0.3 is 10.1 Å². The fourth-order valence-corrected chi connectivity index (χ4v) is 4.09. The fourth-order valence-electron chi connectivity index (χ4n) is 4.09. The normalized spacial score (nSPS) is 15.7. The number of nitrogens with one attached hydrogen (secondary N) is 1. The highest BCUT2D eigenvalue weighted by atomic mass is 16.5. The van der Waals surface area contributed by atoms with Crippen molar-refractivity contribution < 1.29 is 9.53 Å². The highest BCUT2D eigenvalue weighted by Crippen LogP contribution is 2.41. The molecule has 0 heterocycles. The van der Waals surface area contributed by atoms with Crippen molar-refractivity contribution in [3.8, 4) is 5.75 Å². The van der Waals surface area contributed by atoms with Gasteiger partial charge in [-0.25, -0.2) is 0 Å². The van der Waals surface area contributed by atoms with Crippen LogP contribution in [0.25, 0.3) is 0 Å². The molecule has 0 unspecified atom stereocenters. The van der Waals surface area contributed by atoms with Gasteiger partial charge in [0.25, 0.3) is 0 Å². The predicted molar refractivity (Wildman–Crippen MR) is 110 cm³/mol. The lowest BCUT2D eigenvalue weighted by Crippen LogP contribution is -2.43. The van der Waals surface area contributed by atoms with Crippen LogP contribution >= 0.6 is 0 Å². The highest BCUT2D eigenvalue weighted by Gasteiger charge is 2.42. The van der Waals surface area contributed by atoms with Crippen molar-refractivity contribution in [1.29, 1.82) is 0 Å². The number of amides is 1. The lowest BCUT2D eigenvalue weighted by molar-refractivity contribution is -0.126. The summed E-state index contributed by atoms with van der Waals surface area (Å²) in [7, 11) is 0. The fraction of sp³-hybridized carbons (Fsp3) is 0.458. The Morgan fingerprint density at radius 3 is 2.52 bits per heavy atom. The SMILES string of the molecule is CC(C)Oc1cccc(CCCNC(=O)C2(c3ccccc3)CCCC2)c1. The van der Waals surface area contributed by atoms with Gasteiger partial charge in [0.2, 0.25) is 5.91 Å². The van der Waals surface area contributed by atoms with Gasteiger partial charge in [-0.3, -0.25) is 4.79 Å². The highest BCUT2D eigenvalue weighted by molar-refractivity contribution is 5.88. The molecule has 0 bridgehead atoms. The summed E-state index contributed by atoms with van der Waals surface area (Å²) in [4.78, 5) is 13.0. The first-order chi connectivity index (χ1) is 13.1. The molecule has 3 nitrogen and oxygen atoms in total. The number of carbonyl (C=O) groups excluding carboxylic acids is 1. The van der Waals surface area contributed by atoms with Crippen LogP contribution in [0.2, 0.25) is 0 Å². The third kappa shape index (κ3) is 4.91. The van der Waals surface area contributed by atoms with Crippen molar-refractivity contribution in [2.24, 2.45) is 0 Å². The Morgan fingerprint density at radius 1 is 1.07 bits per heavy atom. The molecule has 1 saturated carbocycles. The lowest BCUT2D eigenvalue weighted by atomic mass is 9.78. The van der Waals surface area contributed by atoms with E-state index in [9.17, 15) is 4.79 Å². The molecule has 1 aliphatic rings. The van der Waals surface area contributed by atoms with Crippen molar-refractivity contribution in [2.45, 2.75) is 63.9 Å². The van der Waals surface area contributed by atoms with Crippen LogP contribution in [0.3, 0.4) is 0 Å². The maximum absolute atomic E-state index is 13.0. The Kier molecular flexibility index (Phi) is 6.54. The molecular weight excluding hydrogens is 334 g/mol. The largest absolute Gasteiger partial charge is 0.491 e. The molecule has 0 aliphatic heterocycles. The summed E-state index contributed by atoms with van der Waals surface area (Å²) < 4.78 is 5.76. The summed E-state index contributed by atoms with van der Waals surface area (Å²) in [6.07, 6.45) is 6.22. The zero-order valence-electron chi connectivity index (χ0n) is 16.5. The second-order valence-corrected chi connectivity index (χ2v) is 7.83. The van der Waals surface area contributed by atoms with E-state index in [2.05, 4.69) is 29.6 Å². The first-order valence-electron chi connectivity index (χ1n) is 10.2. The van der Waals surface area contributed by atoms with Crippen molar-refractivity contribution in [1.82, 2.24) is 5.32 Å². The minimum atomic E-state index is -0.327. The molecule has 27 heavy (non-hydrogen) atoms. The van der Waals surface area contributed by atoms with Gasteiger partial charge >= 0.3 is 0 Å². The molecular formula is C24H31NO2. The molecule has 0 spiro atoms. The summed E-state index contributed by atoms with van der Waals surface area (Å²) in [5.41, 5.74) is 2.09. The molecule has 2 aromatic rings. The number of carbonyl (C=O) groups is 1. The van der Waals surface area contributed by atoms with Crippen molar-refractivity contribution in [3.05, 3.63) is 65.7 Å². The predicted octanol–water partition coefficient (Wildman–Crippen LogP) is 5.03. The topological polar surface area (TPSA) is 38.3 Å². The van der Waals surface area contributed by atoms with E-state index < -0.39 is 0 Å². The second kappa shape index (κ2) is 9.07. The summed E-state index contributed by atoms with van der Waals surface area (Å²) in [6, 6.07) is 18.5.